The summed E-state index contributed by atoms with van der Waals surface area (Å²) in [4.78, 5) is 28.1. The van der Waals surface area contributed by atoms with E-state index in [-0.39, 0.29) is 16.7 Å². The number of carbonyl (C=O) groups is 2. The molecule has 6 nitrogen and oxygen atoms in total. The van der Waals surface area contributed by atoms with Gasteiger partial charge in [0.1, 0.15) is 23.3 Å². The van der Waals surface area contributed by atoms with Gasteiger partial charge in [0, 0.05) is 16.8 Å². The minimum absolute atomic E-state index is 0.00636. The second kappa shape index (κ2) is 9.10. The molecule has 1 N–H and O–H groups in total. The lowest BCUT2D eigenvalue weighted by molar-refractivity contribution is -0.132. The van der Waals surface area contributed by atoms with Crippen LogP contribution in [0.15, 0.2) is 64.8 Å². The van der Waals surface area contributed by atoms with Crippen LogP contribution in [-0.4, -0.2) is 23.4 Å². The largest absolute Gasteiger partial charge is 0.507 e. The van der Waals surface area contributed by atoms with E-state index < -0.39 is 17.7 Å². The highest BCUT2D eigenvalue weighted by Gasteiger charge is 2.48. The number of furan rings is 1. The Labute approximate surface area is 205 Å². The van der Waals surface area contributed by atoms with Crippen LogP contribution in [0.1, 0.15) is 61.8 Å². The monoisotopic (exact) mass is 473 g/mol. The molecule has 1 unspecified atom stereocenters. The highest BCUT2D eigenvalue weighted by molar-refractivity contribution is 6.51. The van der Waals surface area contributed by atoms with Gasteiger partial charge in [0.2, 0.25) is 0 Å². The lowest BCUT2D eigenvalue weighted by Gasteiger charge is -2.25. The van der Waals surface area contributed by atoms with Gasteiger partial charge in [-0.3, -0.25) is 14.5 Å². The van der Waals surface area contributed by atoms with Gasteiger partial charge < -0.3 is 14.3 Å². The van der Waals surface area contributed by atoms with Crippen LogP contribution in [0.3, 0.4) is 0 Å². The number of ether oxygens (including phenoxy) is 1. The van der Waals surface area contributed by atoms with Crippen LogP contribution in [0.25, 0.3) is 5.76 Å². The standard InChI is InChI=1S/C29H31NO5/c1-7-34-22-11-10-19(16-21(22)29(4,5)6)26(31)24-25(23-9-8-12-35-23)30(28(33)27(24)32)20-14-17(2)13-18(3)15-20/h8-16,25,31H,7H2,1-6H3/b26-24-. The fraction of sp³-hybridized carbons (Fsp3) is 0.310. The third-order valence-electron chi connectivity index (χ3n) is 6.10. The summed E-state index contributed by atoms with van der Waals surface area (Å²) < 4.78 is 11.5. The Kier molecular flexibility index (Phi) is 6.32. The highest BCUT2D eigenvalue weighted by Crippen LogP contribution is 2.43. The molecule has 1 aromatic heterocycles. The molecule has 0 spiro atoms. The molecule has 1 saturated heterocycles. The van der Waals surface area contributed by atoms with Gasteiger partial charge in [-0.05, 0) is 79.8 Å². The molecule has 1 fully saturated rings. The third-order valence-corrected chi connectivity index (χ3v) is 6.10. The van der Waals surface area contributed by atoms with Crippen molar-refractivity contribution in [1.29, 1.82) is 0 Å². The van der Waals surface area contributed by atoms with Crippen LogP contribution in [0.4, 0.5) is 5.69 Å². The first-order valence-electron chi connectivity index (χ1n) is 11.7. The number of aliphatic hydroxyl groups excluding tert-OH is 1. The van der Waals surface area contributed by atoms with E-state index in [1.54, 1.807) is 24.3 Å². The van der Waals surface area contributed by atoms with E-state index in [4.69, 9.17) is 9.15 Å². The number of anilines is 1. The van der Waals surface area contributed by atoms with Gasteiger partial charge in [0.05, 0.1) is 18.4 Å². The lowest BCUT2D eigenvalue weighted by Crippen LogP contribution is -2.29. The van der Waals surface area contributed by atoms with E-state index in [0.717, 1.165) is 22.4 Å². The number of hydrogen-bond acceptors (Lipinski definition) is 5. The molecule has 0 saturated carbocycles. The van der Waals surface area contributed by atoms with Gasteiger partial charge in [0.15, 0.2) is 0 Å². The number of ketones is 1. The van der Waals surface area contributed by atoms with Crippen LogP contribution in [0.5, 0.6) is 5.75 Å². The molecule has 0 bridgehead atoms. The van der Waals surface area contributed by atoms with Crippen molar-refractivity contribution in [3.63, 3.8) is 0 Å². The SMILES string of the molecule is CCOc1ccc(/C(O)=C2/C(=O)C(=O)N(c3cc(C)cc(C)c3)C2c2ccco2)cc1C(C)(C)C. The lowest BCUT2D eigenvalue weighted by atomic mass is 9.84. The molecule has 6 heteroatoms. The Morgan fingerprint density at radius 3 is 2.31 bits per heavy atom. The van der Waals surface area contributed by atoms with E-state index in [9.17, 15) is 14.7 Å². The predicted octanol–water partition coefficient (Wildman–Crippen LogP) is 6.22. The fourth-order valence-corrected chi connectivity index (χ4v) is 4.60. The van der Waals surface area contributed by atoms with Crippen LogP contribution < -0.4 is 9.64 Å². The normalized spacial score (nSPS) is 17.8. The number of Topliss-reactive ketones (excluding diaryl/α,β-unsaturated/α-hetero) is 1. The maximum atomic E-state index is 13.4. The van der Waals surface area contributed by atoms with E-state index >= 15 is 0 Å². The van der Waals surface area contributed by atoms with Crippen LogP contribution in [0.2, 0.25) is 0 Å². The predicted molar refractivity (Wildman–Crippen MR) is 136 cm³/mol. The van der Waals surface area contributed by atoms with Gasteiger partial charge in [0.25, 0.3) is 11.7 Å². The molecule has 3 aromatic rings. The first-order valence-corrected chi connectivity index (χ1v) is 11.7. The van der Waals surface area contributed by atoms with Crippen molar-refractivity contribution in [1.82, 2.24) is 0 Å². The van der Waals surface area contributed by atoms with E-state index in [2.05, 4.69) is 20.8 Å². The summed E-state index contributed by atoms with van der Waals surface area (Å²) in [5.41, 5.74) is 3.55. The molecule has 1 amide bonds. The minimum Gasteiger partial charge on any atom is -0.507 e. The van der Waals surface area contributed by atoms with Crippen LogP contribution in [-0.2, 0) is 15.0 Å². The molecule has 0 radical (unpaired) electrons. The summed E-state index contributed by atoms with van der Waals surface area (Å²) in [5, 5.41) is 11.5. The zero-order valence-electron chi connectivity index (χ0n) is 21.0. The second-order valence-corrected chi connectivity index (χ2v) is 9.92. The van der Waals surface area contributed by atoms with Gasteiger partial charge in [-0.15, -0.1) is 0 Å². The summed E-state index contributed by atoms with van der Waals surface area (Å²) in [6, 6.07) is 13.5. The average molecular weight is 474 g/mol. The molecule has 4 rings (SSSR count). The molecular weight excluding hydrogens is 442 g/mol. The third kappa shape index (κ3) is 4.48. The van der Waals surface area contributed by atoms with E-state index in [1.807, 2.05) is 45.0 Å². The Hall–Kier alpha value is -3.80. The summed E-state index contributed by atoms with van der Waals surface area (Å²) in [6.07, 6.45) is 1.49. The average Bonchev–Trinajstić information content (AvgIpc) is 3.39. The molecule has 182 valence electrons. The van der Waals surface area contributed by atoms with Crippen molar-refractivity contribution in [2.45, 2.75) is 53.0 Å². The zero-order valence-corrected chi connectivity index (χ0v) is 21.0. The molecule has 35 heavy (non-hydrogen) atoms. The van der Waals surface area contributed by atoms with Crippen molar-refractivity contribution in [3.05, 3.63) is 88.4 Å². The maximum absolute atomic E-state index is 13.4. The smallest absolute Gasteiger partial charge is 0.300 e. The molecule has 2 heterocycles. The van der Waals surface area contributed by atoms with Gasteiger partial charge in [-0.2, -0.15) is 0 Å². The number of nitrogens with zero attached hydrogens (tertiary/aromatic N) is 1. The molecule has 2 aromatic carbocycles. The molecule has 1 atom stereocenters. The topological polar surface area (TPSA) is 80.0 Å². The minimum atomic E-state index is -0.893. The number of aryl methyl sites for hydroxylation is 2. The molecule has 0 aliphatic carbocycles. The Bertz CT molecular complexity index is 1290. The zero-order chi connectivity index (χ0) is 25.5. The number of amides is 1. The summed E-state index contributed by atoms with van der Waals surface area (Å²) in [6.45, 7) is 12.4. The number of aliphatic hydroxyl groups is 1. The first-order chi connectivity index (χ1) is 16.5. The molecule has 1 aliphatic rings. The Balaban J connectivity index is 1.93. The Morgan fingerprint density at radius 1 is 1.06 bits per heavy atom. The quantitative estimate of drug-likeness (QED) is 0.270. The summed E-state index contributed by atoms with van der Waals surface area (Å²) in [7, 11) is 0. The maximum Gasteiger partial charge on any atom is 0.300 e. The molecule has 1 aliphatic heterocycles. The van der Waals surface area contributed by atoms with E-state index in [0.29, 0.717) is 23.6 Å². The fourth-order valence-electron chi connectivity index (χ4n) is 4.60. The first kappa shape index (κ1) is 24.3. The van der Waals surface area contributed by atoms with Gasteiger partial charge >= 0.3 is 0 Å². The van der Waals surface area contributed by atoms with Crippen LogP contribution in [0, 0.1) is 13.8 Å². The number of carbonyl (C=O) groups excluding carboxylic acids is 2. The van der Waals surface area contributed by atoms with Crippen molar-refractivity contribution in [2.75, 3.05) is 11.5 Å². The van der Waals surface area contributed by atoms with Crippen molar-refractivity contribution >= 4 is 23.1 Å². The van der Waals surface area contributed by atoms with Crippen LogP contribution >= 0.6 is 0 Å². The van der Waals surface area contributed by atoms with Crippen molar-refractivity contribution in [2.24, 2.45) is 0 Å². The number of hydrogen-bond donors (Lipinski definition) is 1. The second-order valence-electron chi connectivity index (χ2n) is 9.92. The molecular formula is C29H31NO5. The van der Waals surface area contributed by atoms with Crippen molar-refractivity contribution in [3.8, 4) is 5.75 Å². The summed E-state index contributed by atoms with van der Waals surface area (Å²) in [5.74, 6) is -0.596. The van der Waals surface area contributed by atoms with Crippen molar-refractivity contribution < 1.29 is 23.8 Å². The summed E-state index contributed by atoms with van der Waals surface area (Å²) >= 11 is 0. The Morgan fingerprint density at radius 2 is 1.74 bits per heavy atom. The van der Waals surface area contributed by atoms with Gasteiger partial charge in [-0.25, -0.2) is 0 Å². The number of benzene rings is 2. The van der Waals surface area contributed by atoms with E-state index in [1.165, 1.54) is 11.2 Å². The highest BCUT2D eigenvalue weighted by atomic mass is 16.5. The number of rotatable bonds is 5. The van der Waals surface area contributed by atoms with Gasteiger partial charge in [-0.1, -0.05) is 26.8 Å².